The Morgan fingerprint density at radius 3 is 2.25 bits per heavy atom. The Balaban J connectivity index is 2.10. The molecule has 2 N–H and O–H groups in total. The van der Waals surface area contributed by atoms with Gasteiger partial charge in [-0.1, -0.05) is 0 Å². The molecule has 5 nitrogen and oxygen atoms in total. The lowest BCUT2D eigenvalue weighted by molar-refractivity contribution is 0.602. The zero-order valence-electron chi connectivity index (χ0n) is 11.0. The van der Waals surface area contributed by atoms with Gasteiger partial charge in [-0.2, -0.15) is 0 Å². The number of benzene rings is 1. The molecule has 0 fully saturated rings. The van der Waals surface area contributed by atoms with E-state index in [2.05, 4.69) is 9.97 Å². The summed E-state index contributed by atoms with van der Waals surface area (Å²) in [6.45, 7) is 0.572. The molecule has 2 rings (SSSR count). The first-order valence-corrected chi connectivity index (χ1v) is 8.69. The van der Waals surface area contributed by atoms with Gasteiger partial charge in [0.1, 0.15) is 0 Å². The van der Waals surface area contributed by atoms with Crippen molar-refractivity contribution in [1.29, 1.82) is 0 Å². The van der Waals surface area contributed by atoms with Crippen LogP contribution in [-0.4, -0.2) is 31.2 Å². The Morgan fingerprint density at radius 1 is 1.15 bits per heavy atom. The molecule has 1 aromatic carbocycles. The van der Waals surface area contributed by atoms with E-state index in [9.17, 15) is 8.42 Å². The number of nitrogens with zero attached hydrogens (tertiary/aromatic N) is 2. The highest BCUT2D eigenvalue weighted by Gasteiger charge is 2.07. The van der Waals surface area contributed by atoms with E-state index >= 15 is 0 Å². The summed E-state index contributed by atoms with van der Waals surface area (Å²) in [6.07, 6.45) is 5.46. The maximum Gasteiger partial charge on any atom is 0.192 e. The van der Waals surface area contributed by atoms with E-state index in [1.165, 1.54) is 18.0 Å². The van der Waals surface area contributed by atoms with Gasteiger partial charge in [-0.15, -0.1) is 0 Å². The van der Waals surface area contributed by atoms with Gasteiger partial charge in [0.25, 0.3) is 0 Å². The molecule has 0 saturated carbocycles. The van der Waals surface area contributed by atoms with Crippen LogP contribution in [-0.2, 0) is 16.3 Å². The molecule has 0 spiro atoms. The third-order valence-electron chi connectivity index (χ3n) is 2.58. The quantitative estimate of drug-likeness (QED) is 0.843. The van der Waals surface area contributed by atoms with Gasteiger partial charge in [-0.05, 0) is 54.6 Å². The highest BCUT2D eigenvalue weighted by atomic mass is 32.2. The minimum atomic E-state index is -3.16. The second kappa shape index (κ2) is 6.34. The summed E-state index contributed by atoms with van der Waals surface area (Å²) in [4.78, 5) is 9.68. The molecule has 0 saturated heterocycles. The van der Waals surface area contributed by atoms with Crippen LogP contribution in [0.1, 0.15) is 5.56 Å². The predicted molar refractivity (Wildman–Crippen MR) is 78.5 cm³/mol. The number of hydrogen-bond acceptors (Lipinski definition) is 6. The summed E-state index contributed by atoms with van der Waals surface area (Å²) in [7, 11) is -3.16. The van der Waals surface area contributed by atoms with Gasteiger partial charge in [0.2, 0.25) is 0 Å². The van der Waals surface area contributed by atoms with Crippen molar-refractivity contribution in [3.8, 4) is 0 Å². The Hall–Kier alpha value is -1.44. The molecule has 0 aliphatic rings. The second-order valence-corrected chi connectivity index (χ2v) is 7.31. The lowest BCUT2D eigenvalue weighted by atomic mass is 10.2. The molecular formula is C13H15N3O2S2. The fourth-order valence-corrected chi connectivity index (χ4v) is 2.88. The summed E-state index contributed by atoms with van der Waals surface area (Å²) in [5.74, 6) is 0. The number of nitrogens with two attached hydrogens (primary N) is 1. The van der Waals surface area contributed by atoms with Crippen molar-refractivity contribution in [1.82, 2.24) is 9.97 Å². The zero-order chi connectivity index (χ0) is 14.6. The van der Waals surface area contributed by atoms with E-state index in [-0.39, 0.29) is 0 Å². The normalized spacial score (nSPS) is 11.5. The average Bonchev–Trinajstić information content (AvgIpc) is 2.41. The van der Waals surface area contributed by atoms with Crippen molar-refractivity contribution in [3.63, 3.8) is 0 Å². The molecule has 0 aliphatic carbocycles. The van der Waals surface area contributed by atoms with Gasteiger partial charge in [-0.3, -0.25) is 0 Å². The summed E-state index contributed by atoms with van der Waals surface area (Å²) in [5, 5.41) is 0.623. The topological polar surface area (TPSA) is 85.9 Å². The minimum Gasteiger partial charge on any atom is -0.330 e. The first-order valence-electron chi connectivity index (χ1n) is 5.98. The van der Waals surface area contributed by atoms with Crippen molar-refractivity contribution in [2.24, 2.45) is 5.73 Å². The van der Waals surface area contributed by atoms with Crippen LogP contribution in [0.4, 0.5) is 0 Å². The minimum absolute atomic E-state index is 0.307. The van der Waals surface area contributed by atoms with Gasteiger partial charge in [0.05, 0.1) is 4.90 Å². The maximum absolute atomic E-state index is 11.4. The number of hydrogen-bond donors (Lipinski definition) is 1. The average molecular weight is 309 g/mol. The van der Waals surface area contributed by atoms with Crippen LogP contribution < -0.4 is 5.73 Å². The highest BCUT2D eigenvalue weighted by Crippen LogP contribution is 2.25. The third kappa shape index (κ3) is 4.03. The van der Waals surface area contributed by atoms with E-state index in [0.29, 0.717) is 16.6 Å². The molecule has 0 unspecified atom stereocenters. The van der Waals surface area contributed by atoms with E-state index < -0.39 is 9.84 Å². The molecule has 0 aliphatic heterocycles. The van der Waals surface area contributed by atoms with E-state index in [1.54, 1.807) is 36.7 Å². The summed E-state index contributed by atoms with van der Waals surface area (Å²) >= 11 is 1.39. The van der Waals surface area contributed by atoms with Gasteiger partial charge in [0.15, 0.2) is 15.0 Å². The fourth-order valence-electron chi connectivity index (χ4n) is 1.55. The van der Waals surface area contributed by atoms with Crippen molar-refractivity contribution in [2.75, 3.05) is 12.8 Å². The van der Waals surface area contributed by atoms with E-state index in [0.717, 1.165) is 16.9 Å². The summed E-state index contributed by atoms with van der Waals surface area (Å²) in [5.41, 5.74) is 6.47. The van der Waals surface area contributed by atoms with Crippen LogP contribution >= 0.6 is 11.8 Å². The van der Waals surface area contributed by atoms with Crippen molar-refractivity contribution >= 4 is 21.6 Å². The SMILES string of the molecule is CS(=O)(=O)c1ccc(Sc2ncc(CCN)cn2)cc1. The Morgan fingerprint density at radius 2 is 1.75 bits per heavy atom. The molecule has 2 aromatic rings. The lowest BCUT2D eigenvalue weighted by Crippen LogP contribution is -2.03. The van der Waals surface area contributed by atoms with Gasteiger partial charge in [-0.25, -0.2) is 18.4 Å². The molecule has 0 atom stereocenters. The van der Waals surface area contributed by atoms with Crippen LogP contribution in [0.2, 0.25) is 0 Å². The molecule has 0 amide bonds. The monoisotopic (exact) mass is 309 g/mol. The van der Waals surface area contributed by atoms with Crippen LogP contribution in [0, 0.1) is 0 Å². The smallest absolute Gasteiger partial charge is 0.192 e. The van der Waals surface area contributed by atoms with Crippen LogP contribution in [0.15, 0.2) is 51.6 Å². The van der Waals surface area contributed by atoms with Gasteiger partial charge >= 0.3 is 0 Å². The number of sulfone groups is 1. The number of rotatable bonds is 5. The molecule has 0 radical (unpaired) electrons. The lowest BCUT2D eigenvalue weighted by Gasteiger charge is -2.03. The Kier molecular flexibility index (Phi) is 4.74. The van der Waals surface area contributed by atoms with Gasteiger partial charge < -0.3 is 5.73 Å². The molecule has 106 valence electrons. The van der Waals surface area contributed by atoms with Crippen LogP contribution in [0.3, 0.4) is 0 Å². The number of aromatic nitrogens is 2. The molecular weight excluding hydrogens is 294 g/mol. The van der Waals surface area contributed by atoms with Crippen LogP contribution in [0.5, 0.6) is 0 Å². The van der Waals surface area contributed by atoms with Crippen LogP contribution in [0.25, 0.3) is 0 Å². The van der Waals surface area contributed by atoms with Crippen molar-refractivity contribution < 1.29 is 8.42 Å². The molecule has 0 bridgehead atoms. The zero-order valence-corrected chi connectivity index (χ0v) is 12.6. The molecule has 1 aromatic heterocycles. The molecule has 1 heterocycles. The summed E-state index contributed by atoms with van der Waals surface area (Å²) in [6, 6.07) is 6.66. The van der Waals surface area contributed by atoms with E-state index in [1.807, 2.05) is 0 Å². The van der Waals surface area contributed by atoms with Crippen molar-refractivity contribution in [3.05, 3.63) is 42.2 Å². The van der Waals surface area contributed by atoms with Crippen molar-refractivity contribution in [2.45, 2.75) is 21.4 Å². The second-order valence-electron chi connectivity index (χ2n) is 4.26. The maximum atomic E-state index is 11.4. The first-order chi connectivity index (χ1) is 9.49. The van der Waals surface area contributed by atoms with Gasteiger partial charge in [0, 0.05) is 23.5 Å². The fraction of sp³-hybridized carbons (Fsp3) is 0.231. The van der Waals surface area contributed by atoms with E-state index in [4.69, 9.17) is 5.73 Å². The Bertz CT molecular complexity index is 668. The summed E-state index contributed by atoms with van der Waals surface area (Å²) < 4.78 is 22.7. The predicted octanol–water partition coefficient (Wildman–Crippen LogP) is 1.53. The standard InChI is InChI=1S/C13H15N3O2S2/c1-20(17,18)12-4-2-11(3-5-12)19-13-15-8-10(6-7-14)9-16-13/h2-5,8-9H,6-7,14H2,1H3. The third-order valence-corrected chi connectivity index (χ3v) is 4.61. The largest absolute Gasteiger partial charge is 0.330 e. The Labute approximate surface area is 122 Å². The highest BCUT2D eigenvalue weighted by molar-refractivity contribution is 7.99. The molecule has 7 heteroatoms. The first kappa shape index (κ1) is 15.0. The molecule has 20 heavy (non-hydrogen) atoms.